The molecule has 56 heavy (non-hydrogen) atoms. The number of nitrogens with one attached hydrogen (secondary N) is 2. The Labute approximate surface area is 320 Å². The van der Waals surface area contributed by atoms with E-state index in [-0.39, 0.29) is 71.7 Å². The number of fused-ring (bicyclic) bond motifs is 2. The summed E-state index contributed by atoms with van der Waals surface area (Å²) in [6.07, 6.45) is 0. The second-order valence-electron chi connectivity index (χ2n) is 12.4. The Hall–Kier alpha value is -6.96. The van der Waals surface area contributed by atoms with Crippen LogP contribution < -0.4 is 50.3 Å². The van der Waals surface area contributed by atoms with Crippen LogP contribution in [-0.2, 0) is 0 Å². The summed E-state index contributed by atoms with van der Waals surface area (Å²) < 4.78 is 46.7. The number of ether oxygens (including phenoxy) is 6. The molecule has 0 aliphatic carbocycles. The first-order chi connectivity index (χ1) is 27.1. The van der Waals surface area contributed by atoms with E-state index in [1.54, 1.807) is 60.7 Å². The van der Waals surface area contributed by atoms with Crippen molar-refractivity contribution >= 4 is 33.8 Å². The average Bonchev–Trinajstić information content (AvgIpc) is 3.19. The molecular weight excluding hydrogens is 724 g/mol. The fourth-order valence-corrected chi connectivity index (χ4v) is 6.28. The van der Waals surface area contributed by atoms with E-state index in [9.17, 15) is 19.2 Å². The first kappa shape index (κ1) is 38.8. The van der Waals surface area contributed by atoms with Gasteiger partial charge in [-0.15, -0.1) is 0 Å². The van der Waals surface area contributed by atoms with Crippen LogP contribution in [0.5, 0.6) is 34.5 Å². The molecule has 14 heteroatoms. The van der Waals surface area contributed by atoms with E-state index < -0.39 is 23.1 Å². The second-order valence-corrected chi connectivity index (χ2v) is 12.4. The highest BCUT2D eigenvalue weighted by atomic mass is 16.5. The number of benzene rings is 4. The lowest BCUT2D eigenvalue weighted by Crippen LogP contribution is -2.22. The summed E-state index contributed by atoms with van der Waals surface area (Å²) >= 11 is 0. The number of hydrogen-bond acceptors (Lipinski definition) is 12. The van der Waals surface area contributed by atoms with Gasteiger partial charge in [0, 0.05) is 60.3 Å². The molecular formula is C42H40N2O12. The molecule has 0 aliphatic heterocycles. The van der Waals surface area contributed by atoms with E-state index in [2.05, 4.69) is 10.6 Å². The van der Waals surface area contributed by atoms with E-state index in [0.29, 0.717) is 22.7 Å². The SMILES string of the molecule is CNC(=O)c1ccc(OC)c(OCCOc2ccc3c(C)cc(=O)oc3c2)c1-c1c(C(=O)NC)ccc(OC)c1OCCOc1ccc2c(C)cc(=O)oc2c1. The molecule has 0 aliphatic rings. The number of hydrogen-bond donors (Lipinski definition) is 2. The zero-order valence-electron chi connectivity index (χ0n) is 31.7. The summed E-state index contributed by atoms with van der Waals surface area (Å²) in [5.41, 5.74) is 2.08. The first-order valence-electron chi connectivity index (χ1n) is 17.5. The van der Waals surface area contributed by atoms with Crippen LogP contribution in [0.2, 0.25) is 0 Å². The minimum atomic E-state index is -0.477. The number of carbonyl (C=O) groups is 2. The normalized spacial score (nSPS) is 10.9. The predicted octanol–water partition coefficient (Wildman–Crippen LogP) is 5.84. The van der Waals surface area contributed by atoms with E-state index >= 15 is 0 Å². The molecule has 0 bridgehead atoms. The molecule has 0 fully saturated rings. The molecule has 0 atom stereocenters. The van der Waals surface area contributed by atoms with Crippen molar-refractivity contribution in [1.29, 1.82) is 0 Å². The van der Waals surface area contributed by atoms with E-state index in [1.807, 2.05) is 13.8 Å². The topological polar surface area (TPSA) is 174 Å². The van der Waals surface area contributed by atoms with Crippen molar-refractivity contribution in [1.82, 2.24) is 10.6 Å². The molecule has 0 unspecified atom stereocenters. The van der Waals surface area contributed by atoms with Gasteiger partial charge in [0.05, 0.1) is 25.3 Å². The fraction of sp³-hybridized carbons (Fsp3) is 0.238. The van der Waals surface area contributed by atoms with E-state index in [1.165, 1.54) is 40.4 Å². The minimum Gasteiger partial charge on any atom is -0.493 e. The number of methoxy groups -OCH3 is 2. The van der Waals surface area contributed by atoms with Crippen molar-refractivity contribution in [2.45, 2.75) is 13.8 Å². The smallest absolute Gasteiger partial charge is 0.336 e. The lowest BCUT2D eigenvalue weighted by Gasteiger charge is -2.23. The summed E-state index contributed by atoms with van der Waals surface area (Å²) in [5.74, 6) is 0.705. The Morgan fingerprint density at radius 1 is 0.554 bits per heavy atom. The highest BCUT2D eigenvalue weighted by Crippen LogP contribution is 2.49. The lowest BCUT2D eigenvalue weighted by molar-refractivity contribution is 0.0953. The largest absolute Gasteiger partial charge is 0.493 e. The summed E-state index contributed by atoms with van der Waals surface area (Å²) in [5, 5.41) is 6.87. The third-order valence-electron chi connectivity index (χ3n) is 8.92. The van der Waals surface area contributed by atoms with Crippen LogP contribution in [0.3, 0.4) is 0 Å². The fourth-order valence-electron chi connectivity index (χ4n) is 6.28. The monoisotopic (exact) mass is 764 g/mol. The molecule has 290 valence electrons. The number of rotatable bonds is 15. The molecule has 2 amide bonds. The van der Waals surface area contributed by atoms with Gasteiger partial charge in [0.1, 0.15) is 49.1 Å². The number of aryl methyl sites for hydroxylation is 2. The van der Waals surface area contributed by atoms with Crippen molar-refractivity contribution in [2.75, 3.05) is 54.7 Å². The van der Waals surface area contributed by atoms with Crippen molar-refractivity contribution in [2.24, 2.45) is 0 Å². The van der Waals surface area contributed by atoms with Gasteiger partial charge in [0.15, 0.2) is 23.0 Å². The molecule has 0 saturated heterocycles. The standard InChI is InChI=1S/C42H40N2O12/c1-23-19-35(45)55-33-21-25(7-9-27(23)33)51-15-17-53-39-31(49-5)13-11-29(41(47)43-3)37(39)38-30(42(48)44-4)12-14-32(50-6)40(38)54-18-16-52-26-8-10-28-24(2)20-36(46)56-34(28)22-26/h7-14,19-22H,15-18H2,1-6H3,(H,43,47)(H,44,48). The second kappa shape index (κ2) is 17.0. The van der Waals surface area contributed by atoms with Gasteiger partial charge < -0.3 is 47.9 Å². The Bertz CT molecular complexity index is 2380. The average molecular weight is 765 g/mol. The molecule has 2 aromatic heterocycles. The van der Waals surface area contributed by atoms with Gasteiger partial charge in [0.2, 0.25) is 0 Å². The Morgan fingerprint density at radius 3 is 1.32 bits per heavy atom. The molecule has 0 spiro atoms. The molecule has 2 heterocycles. The number of amides is 2. The van der Waals surface area contributed by atoms with Gasteiger partial charge in [-0.2, -0.15) is 0 Å². The van der Waals surface area contributed by atoms with Crippen molar-refractivity contribution in [3.8, 4) is 45.6 Å². The van der Waals surface area contributed by atoms with Gasteiger partial charge in [-0.3, -0.25) is 9.59 Å². The third-order valence-corrected chi connectivity index (χ3v) is 8.92. The van der Waals surface area contributed by atoms with E-state index in [0.717, 1.165) is 21.9 Å². The molecule has 2 N–H and O–H groups in total. The predicted molar refractivity (Wildman–Crippen MR) is 208 cm³/mol. The Morgan fingerprint density at radius 2 is 0.946 bits per heavy atom. The maximum absolute atomic E-state index is 13.5. The summed E-state index contributed by atoms with van der Waals surface area (Å²) in [6, 6.07) is 19.5. The van der Waals surface area contributed by atoms with E-state index in [4.69, 9.17) is 37.3 Å². The highest BCUT2D eigenvalue weighted by molar-refractivity contribution is 6.10. The summed E-state index contributed by atoms with van der Waals surface area (Å²) in [7, 11) is 5.87. The van der Waals surface area contributed by atoms with Crippen LogP contribution in [0, 0.1) is 13.8 Å². The minimum absolute atomic E-state index is 0.0349. The van der Waals surface area contributed by atoms with Crippen LogP contribution in [0.25, 0.3) is 33.1 Å². The summed E-state index contributed by atoms with van der Waals surface area (Å²) in [6.45, 7) is 3.64. The molecule has 14 nitrogen and oxygen atoms in total. The van der Waals surface area contributed by atoms with Crippen LogP contribution in [0.15, 0.2) is 91.2 Å². The summed E-state index contributed by atoms with van der Waals surface area (Å²) in [4.78, 5) is 50.9. The third kappa shape index (κ3) is 8.09. The quantitative estimate of drug-likeness (QED) is 0.0947. The molecule has 0 radical (unpaired) electrons. The van der Waals surface area contributed by atoms with Gasteiger partial charge in [0.25, 0.3) is 11.8 Å². The zero-order chi connectivity index (χ0) is 39.9. The van der Waals surface area contributed by atoms with Crippen LogP contribution in [0.4, 0.5) is 0 Å². The molecule has 4 aromatic carbocycles. The van der Waals surface area contributed by atoms with Crippen LogP contribution >= 0.6 is 0 Å². The molecule has 6 aromatic rings. The Kier molecular flexibility index (Phi) is 11.8. The highest BCUT2D eigenvalue weighted by Gasteiger charge is 2.30. The maximum atomic E-state index is 13.5. The first-order valence-corrected chi connectivity index (χ1v) is 17.5. The zero-order valence-corrected chi connectivity index (χ0v) is 31.7. The van der Waals surface area contributed by atoms with Crippen molar-refractivity contribution < 1.29 is 46.8 Å². The molecule has 6 rings (SSSR count). The number of carbonyl (C=O) groups excluding carboxylic acids is 2. The lowest BCUT2D eigenvalue weighted by atomic mass is 9.91. The van der Waals surface area contributed by atoms with Gasteiger partial charge in [-0.1, -0.05) is 0 Å². The van der Waals surface area contributed by atoms with Crippen molar-refractivity contribution in [3.05, 3.63) is 116 Å². The Balaban J connectivity index is 1.34. The maximum Gasteiger partial charge on any atom is 0.336 e. The van der Waals surface area contributed by atoms with Gasteiger partial charge >= 0.3 is 11.3 Å². The van der Waals surface area contributed by atoms with Crippen LogP contribution in [-0.4, -0.2) is 66.6 Å². The van der Waals surface area contributed by atoms with Crippen LogP contribution in [0.1, 0.15) is 31.8 Å². The van der Waals surface area contributed by atoms with Gasteiger partial charge in [-0.25, -0.2) is 9.59 Å². The van der Waals surface area contributed by atoms with Gasteiger partial charge in [-0.05, 0) is 73.5 Å². The molecule has 0 saturated carbocycles. The van der Waals surface area contributed by atoms with Crippen molar-refractivity contribution in [3.63, 3.8) is 0 Å².